The highest BCUT2D eigenvalue weighted by atomic mass is 15.2. The normalized spacial score (nSPS) is 16.7. The van der Waals surface area contributed by atoms with E-state index in [0.29, 0.717) is 0 Å². The largest absolute Gasteiger partial charge is 0.355 e. The lowest BCUT2D eigenvalue weighted by atomic mass is 10.0. The first-order valence-corrected chi connectivity index (χ1v) is 6.63. The van der Waals surface area contributed by atoms with Crippen LogP contribution in [0.15, 0.2) is 30.3 Å². The van der Waals surface area contributed by atoms with Crippen LogP contribution < -0.4 is 10.6 Å². The van der Waals surface area contributed by atoms with Gasteiger partial charge in [-0.05, 0) is 37.5 Å². The molecule has 0 saturated heterocycles. The van der Waals surface area contributed by atoms with Crippen molar-refractivity contribution in [3.05, 3.63) is 35.9 Å². The number of pyridine rings is 1. The Labute approximate surface area is 108 Å². The summed E-state index contributed by atoms with van der Waals surface area (Å²) in [4.78, 5) is 7.15. The van der Waals surface area contributed by atoms with Crippen LogP contribution in [-0.2, 0) is 6.42 Å². The van der Waals surface area contributed by atoms with E-state index >= 15 is 0 Å². The molecule has 0 amide bonds. The molecule has 1 aliphatic rings. The second-order valence-electron chi connectivity index (χ2n) is 5.19. The van der Waals surface area contributed by atoms with Gasteiger partial charge < -0.3 is 10.6 Å². The van der Waals surface area contributed by atoms with Gasteiger partial charge in [-0.3, -0.25) is 0 Å². The van der Waals surface area contributed by atoms with Crippen molar-refractivity contribution in [2.75, 3.05) is 18.0 Å². The summed E-state index contributed by atoms with van der Waals surface area (Å²) >= 11 is 0. The number of nitrogens with two attached hydrogens (primary N) is 1. The zero-order chi connectivity index (χ0) is 12.5. The van der Waals surface area contributed by atoms with Crippen LogP contribution in [0.5, 0.6) is 0 Å². The first kappa shape index (κ1) is 11.5. The molecule has 0 fully saturated rings. The fourth-order valence-corrected chi connectivity index (χ4v) is 2.70. The smallest absolute Gasteiger partial charge is 0.132 e. The van der Waals surface area contributed by atoms with E-state index in [4.69, 9.17) is 10.7 Å². The molecule has 2 heterocycles. The Morgan fingerprint density at radius 2 is 2.22 bits per heavy atom. The molecule has 1 aromatic carbocycles. The highest BCUT2D eigenvalue weighted by Crippen LogP contribution is 2.28. The molecule has 18 heavy (non-hydrogen) atoms. The quantitative estimate of drug-likeness (QED) is 0.877. The summed E-state index contributed by atoms with van der Waals surface area (Å²) in [5.41, 5.74) is 8.36. The molecule has 1 aromatic heterocycles. The lowest BCUT2D eigenvalue weighted by Crippen LogP contribution is -2.39. The minimum atomic E-state index is 0.184. The maximum absolute atomic E-state index is 5.92. The standard InChI is InChI=1S/C15H19N3/c1-11(16)10-18-8-4-6-13-9-12-5-2-3-7-14(12)17-15(13)18/h2-3,5,7,9,11H,4,6,8,10,16H2,1H3. The van der Waals surface area contributed by atoms with Gasteiger partial charge in [0.1, 0.15) is 5.82 Å². The molecule has 0 radical (unpaired) electrons. The van der Waals surface area contributed by atoms with E-state index in [1.165, 1.54) is 17.4 Å². The van der Waals surface area contributed by atoms with Crippen molar-refractivity contribution in [1.29, 1.82) is 0 Å². The van der Waals surface area contributed by atoms with Crippen LogP contribution in [0.25, 0.3) is 10.9 Å². The lowest BCUT2D eigenvalue weighted by molar-refractivity contribution is 0.626. The van der Waals surface area contributed by atoms with Crippen LogP contribution in [0.3, 0.4) is 0 Å². The number of para-hydroxylation sites is 1. The van der Waals surface area contributed by atoms with Gasteiger partial charge in [-0.15, -0.1) is 0 Å². The molecule has 2 aromatic rings. The monoisotopic (exact) mass is 241 g/mol. The molecular weight excluding hydrogens is 222 g/mol. The summed E-state index contributed by atoms with van der Waals surface area (Å²) in [6, 6.07) is 10.8. The van der Waals surface area contributed by atoms with E-state index in [-0.39, 0.29) is 6.04 Å². The number of rotatable bonds is 2. The predicted octanol–water partition coefficient (Wildman–Crippen LogP) is 2.33. The lowest BCUT2D eigenvalue weighted by Gasteiger charge is -2.31. The van der Waals surface area contributed by atoms with E-state index in [1.54, 1.807) is 0 Å². The van der Waals surface area contributed by atoms with E-state index in [0.717, 1.165) is 30.8 Å². The van der Waals surface area contributed by atoms with Crippen LogP contribution in [-0.4, -0.2) is 24.1 Å². The topological polar surface area (TPSA) is 42.1 Å². The molecule has 3 heteroatoms. The molecule has 94 valence electrons. The Bertz CT molecular complexity index is 563. The van der Waals surface area contributed by atoms with Crippen molar-refractivity contribution in [2.45, 2.75) is 25.8 Å². The number of anilines is 1. The molecule has 0 aliphatic carbocycles. The van der Waals surface area contributed by atoms with Gasteiger partial charge in [0.25, 0.3) is 0 Å². The van der Waals surface area contributed by atoms with Crippen molar-refractivity contribution in [3.8, 4) is 0 Å². The molecule has 2 N–H and O–H groups in total. The summed E-state index contributed by atoms with van der Waals surface area (Å²) < 4.78 is 0. The molecule has 3 rings (SSSR count). The third kappa shape index (κ3) is 2.06. The Morgan fingerprint density at radius 3 is 3.06 bits per heavy atom. The summed E-state index contributed by atoms with van der Waals surface area (Å²) in [6.07, 6.45) is 2.32. The highest BCUT2D eigenvalue weighted by molar-refractivity contribution is 5.82. The van der Waals surface area contributed by atoms with Crippen molar-refractivity contribution in [2.24, 2.45) is 5.73 Å². The number of hydrogen-bond donors (Lipinski definition) is 1. The third-order valence-electron chi connectivity index (χ3n) is 3.46. The Kier molecular flexibility index (Phi) is 2.92. The van der Waals surface area contributed by atoms with Gasteiger partial charge in [-0.25, -0.2) is 4.98 Å². The summed E-state index contributed by atoms with van der Waals surface area (Å²) in [5, 5.41) is 1.24. The minimum absolute atomic E-state index is 0.184. The Morgan fingerprint density at radius 1 is 1.39 bits per heavy atom. The average molecular weight is 241 g/mol. The van der Waals surface area contributed by atoms with Gasteiger partial charge in [-0.2, -0.15) is 0 Å². The molecule has 3 nitrogen and oxygen atoms in total. The minimum Gasteiger partial charge on any atom is -0.355 e. The molecule has 0 saturated carbocycles. The van der Waals surface area contributed by atoms with Crippen LogP contribution >= 0.6 is 0 Å². The first-order valence-electron chi connectivity index (χ1n) is 6.63. The fourth-order valence-electron chi connectivity index (χ4n) is 2.70. The Balaban J connectivity index is 2.07. The van der Waals surface area contributed by atoms with Gasteiger partial charge >= 0.3 is 0 Å². The number of benzene rings is 1. The molecular formula is C15H19N3. The number of aromatic nitrogens is 1. The second kappa shape index (κ2) is 4.58. The van der Waals surface area contributed by atoms with E-state index in [9.17, 15) is 0 Å². The van der Waals surface area contributed by atoms with Crippen LogP contribution in [0.2, 0.25) is 0 Å². The second-order valence-corrected chi connectivity index (χ2v) is 5.19. The number of fused-ring (bicyclic) bond motifs is 2. The van der Waals surface area contributed by atoms with E-state index in [1.807, 2.05) is 6.07 Å². The molecule has 1 aliphatic heterocycles. The number of aryl methyl sites for hydroxylation is 1. The predicted molar refractivity (Wildman–Crippen MR) is 75.9 cm³/mol. The third-order valence-corrected chi connectivity index (χ3v) is 3.46. The average Bonchev–Trinajstić information content (AvgIpc) is 2.36. The van der Waals surface area contributed by atoms with Crippen LogP contribution in [0.1, 0.15) is 18.9 Å². The van der Waals surface area contributed by atoms with Crippen molar-refractivity contribution >= 4 is 16.7 Å². The zero-order valence-electron chi connectivity index (χ0n) is 10.8. The number of hydrogen-bond acceptors (Lipinski definition) is 3. The van der Waals surface area contributed by atoms with E-state index in [2.05, 4.69) is 36.1 Å². The summed E-state index contributed by atoms with van der Waals surface area (Å²) in [7, 11) is 0. The van der Waals surface area contributed by atoms with Gasteiger partial charge in [0.2, 0.25) is 0 Å². The van der Waals surface area contributed by atoms with Gasteiger partial charge in [0.05, 0.1) is 5.52 Å². The van der Waals surface area contributed by atoms with Gasteiger partial charge in [0.15, 0.2) is 0 Å². The SMILES string of the molecule is CC(N)CN1CCCc2cc3ccccc3nc21. The molecule has 1 unspecified atom stereocenters. The maximum Gasteiger partial charge on any atom is 0.132 e. The van der Waals surface area contributed by atoms with Crippen molar-refractivity contribution < 1.29 is 0 Å². The Hall–Kier alpha value is -1.61. The number of nitrogens with zero attached hydrogens (tertiary/aromatic N) is 2. The maximum atomic E-state index is 5.92. The summed E-state index contributed by atoms with van der Waals surface area (Å²) in [5.74, 6) is 1.14. The first-order chi connectivity index (χ1) is 8.74. The van der Waals surface area contributed by atoms with E-state index < -0.39 is 0 Å². The highest BCUT2D eigenvalue weighted by Gasteiger charge is 2.19. The van der Waals surface area contributed by atoms with Crippen LogP contribution in [0, 0.1) is 0 Å². The van der Waals surface area contributed by atoms with Crippen molar-refractivity contribution in [3.63, 3.8) is 0 Å². The fraction of sp³-hybridized carbons (Fsp3) is 0.400. The zero-order valence-corrected chi connectivity index (χ0v) is 10.8. The molecule has 0 bridgehead atoms. The molecule has 1 atom stereocenters. The van der Waals surface area contributed by atoms with Crippen molar-refractivity contribution in [1.82, 2.24) is 4.98 Å². The molecule has 0 spiro atoms. The van der Waals surface area contributed by atoms with Gasteiger partial charge in [0, 0.05) is 24.5 Å². The van der Waals surface area contributed by atoms with Gasteiger partial charge in [-0.1, -0.05) is 18.2 Å². The summed E-state index contributed by atoms with van der Waals surface area (Å²) in [6.45, 7) is 4.01. The van der Waals surface area contributed by atoms with Crippen LogP contribution in [0.4, 0.5) is 5.82 Å².